The Morgan fingerprint density at radius 2 is 1.36 bits per heavy atom. The van der Waals surface area contributed by atoms with Crippen LogP contribution in [-0.2, 0) is 0 Å². The topological polar surface area (TPSA) is 94.5 Å². The summed E-state index contributed by atoms with van der Waals surface area (Å²) in [6, 6.07) is 11.6. The highest BCUT2D eigenvalue weighted by atomic mass is 16.3. The maximum atomic E-state index is 9.27. The van der Waals surface area contributed by atoms with Crippen LogP contribution in [0.4, 0.5) is 11.4 Å². The molecule has 1 aliphatic rings. The monoisotopic (exact) mass is 298 g/mol. The quantitative estimate of drug-likeness (QED) is 0.770. The van der Waals surface area contributed by atoms with Crippen LogP contribution in [0.25, 0.3) is 0 Å². The first-order valence-corrected chi connectivity index (χ1v) is 7.18. The first kappa shape index (κ1) is 15.8. The minimum absolute atomic E-state index is 0.0343. The number of aliphatic hydroxyl groups is 2. The molecule has 1 heterocycles. The van der Waals surface area contributed by atoms with E-state index in [-0.39, 0.29) is 18.8 Å². The molecular weight excluding hydrogens is 280 g/mol. The van der Waals surface area contributed by atoms with Gasteiger partial charge in [0, 0.05) is 26.3 Å². The van der Waals surface area contributed by atoms with E-state index in [1.807, 2.05) is 46.2 Å². The maximum Gasteiger partial charge on any atom is 0.170 e. The van der Waals surface area contributed by atoms with Crippen molar-refractivity contribution >= 4 is 11.4 Å². The van der Waals surface area contributed by atoms with E-state index in [1.165, 1.54) is 0 Å². The highest BCUT2D eigenvalue weighted by Gasteiger charge is 2.33. The van der Waals surface area contributed by atoms with E-state index in [1.54, 1.807) is 0 Å². The molecule has 0 aromatic heterocycles. The van der Waals surface area contributed by atoms with E-state index in [4.69, 9.17) is 10.2 Å². The smallest absolute Gasteiger partial charge is 0.170 e. The van der Waals surface area contributed by atoms with Crippen LogP contribution in [0.1, 0.15) is 12.8 Å². The van der Waals surface area contributed by atoms with Crippen LogP contribution in [-0.4, -0.2) is 36.5 Å². The van der Waals surface area contributed by atoms with Gasteiger partial charge in [-0.3, -0.25) is 0 Å². The normalized spacial score (nSPS) is 12.8. The van der Waals surface area contributed by atoms with Gasteiger partial charge in [0.15, 0.2) is 5.57 Å². The van der Waals surface area contributed by atoms with E-state index < -0.39 is 0 Å². The van der Waals surface area contributed by atoms with Gasteiger partial charge in [-0.05, 0) is 25.0 Å². The molecule has 0 radical (unpaired) electrons. The van der Waals surface area contributed by atoms with Crippen LogP contribution in [0, 0.1) is 22.7 Å². The van der Waals surface area contributed by atoms with Crippen LogP contribution in [0.3, 0.4) is 0 Å². The molecule has 6 nitrogen and oxygen atoms in total. The number of anilines is 2. The van der Waals surface area contributed by atoms with Crippen LogP contribution >= 0.6 is 0 Å². The van der Waals surface area contributed by atoms with Gasteiger partial charge in [0.2, 0.25) is 0 Å². The predicted octanol–water partition coefficient (Wildman–Crippen LogP) is 1.34. The van der Waals surface area contributed by atoms with Crippen molar-refractivity contribution < 1.29 is 10.2 Å². The number of hydrogen-bond acceptors (Lipinski definition) is 6. The van der Waals surface area contributed by atoms with Crippen LogP contribution in [0.15, 0.2) is 35.7 Å². The molecular formula is C16H18N4O2. The third-order valence-electron chi connectivity index (χ3n) is 3.50. The number of para-hydroxylation sites is 2. The molecule has 0 spiro atoms. The Kier molecular flexibility index (Phi) is 5.37. The summed E-state index contributed by atoms with van der Waals surface area (Å²) in [5.41, 5.74) is 1.85. The number of allylic oxidation sites excluding steroid dienone is 1. The largest absolute Gasteiger partial charge is 0.396 e. The molecule has 0 saturated carbocycles. The number of benzene rings is 1. The number of nitrogens with zero attached hydrogens (tertiary/aromatic N) is 4. The third kappa shape index (κ3) is 2.89. The zero-order valence-electron chi connectivity index (χ0n) is 12.2. The number of rotatable bonds is 6. The van der Waals surface area contributed by atoms with Crippen molar-refractivity contribution in [1.29, 1.82) is 10.5 Å². The summed E-state index contributed by atoms with van der Waals surface area (Å²) >= 11 is 0. The third-order valence-corrected chi connectivity index (χ3v) is 3.50. The minimum Gasteiger partial charge on any atom is -0.396 e. The average molecular weight is 298 g/mol. The fourth-order valence-corrected chi connectivity index (χ4v) is 2.60. The van der Waals surface area contributed by atoms with E-state index in [0.717, 1.165) is 11.4 Å². The van der Waals surface area contributed by atoms with Crippen LogP contribution in [0.5, 0.6) is 0 Å². The van der Waals surface area contributed by atoms with Crippen molar-refractivity contribution in [2.45, 2.75) is 12.8 Å². The second kappa shape index (κ2) is 7.46. The van der Waals surface area contributed by atoms with Crippen molar-refractivity contribution in [1.82, 2.24) is 0 Å². The van der Waals surface area contributed by atoms with E-state index in [9.17, 15) is 10.5 Å². The minimum atomic E-state index is 0.0343. The highest BCUT2D eigenvalue weighted by Crippen LogP contribution is 2.42. The fraction of sp³-hybridized carbons (Fsp3) is 0.375. The molecule has 0 amide bonds. The number of aliphatic hydroxyl groups excluding tert-OH is 2. The molecule has 1 aromatic rings. The summed E-state index contributed by atoms with van der Waals surface area (Å²) in [5.74, 6) is 0.535. The molecule has 1 aliphatic heterocycles. The second-order valence-electron chi connectivity index (χ2n) is 4.87. The SMILES string of the molecule is N#CC(C#N)=C1N(CCCO)c2ccccc2N1CCCO. The lowest BCUT2D eigenvalue weighted by molar-refractivity contribution is 0.289. The van der Waals surface area contributed by atoms with Crippen molar-refractivity contribution in [2.24, 2.45) is 0 Å². The Morgan fingerprint density at radius 3 is 1.73 bits per heavy atom. The Bertz CT molecular complexity index is 589. The van der Waals surface area contributed by atoms with E-state index in [2.05, 4.69) is 0 Å². The Morgan fingerprint density at radius 1 is 0.909 bits per heavy atom. The lowest BCUT2D eigenvalue weighted by Crippen LogP contribution is -2.32. The first-order chi connectivity index (χ1) is 10.8. The predicted molar refractivity (Wildman–Crippen MR) is 82.8 cm³/mol. The van der Waals surface area contributed by atoms with Gasteiger partial charge in [-0.25, -0.2) is 0 Å². The van der Waals surface area contributed by atoms with E-state index in [0.29, 0.717) is 31.8 Å². The molecule has 2 N–H and O–H groups in total. The van der Waals surface area contributed by atoms with Gasteiger partial charge in [0.05, 0.1) is 11.4 Å². The van der Waals surface area contributed by atoms with Gasteiger partial charge in [-0.15, -0.1) is 0 Å². The summed E-state index contributed by atoms with van der Waals surface area (Å²) in [6.07, 6.45) is 1.08. The Labute approximate surface area is 129 Å². The molecule has 6 heteroatoms. The lowest BCUT2D eigenvalue weighted by atomic mass is 10.2. The van der Waals surface area contributed by atoms with Crippen molar-refractivity contribution in [3.63, 3.8) is 0 Å². The van der Waals surface area contributed by atoms with Gasteiger partial charge in [0.1, 0.15) is 18.0 Å². The second-order valence-corrected chi connectivity index (χ2v) is 4.87. The zero-order chi connectivity index (χ0) is 15.9. The Balaban J connectivity index is 2.53. The molecule has 0 saturated heterocycles. The molecule has 0 fully saturated rings. The fourth-order valence-electron chi connectivity index (χ4n) is 2.60. The summed E-state index contributed by atoms with van der Waals surface area (Å²) < 4.78 is 0. The molecule has 0 bridgehead atoms. The van der Waals surface area contributed by atoms with Crippen LogP contribution < -0.4 is 9.80 Å². The van der Waals surface area contributed by atoms with Gasteiger partial charge in [-0.2, -0.15) is 10.5 Å². The molecule has 1 aromatic carbocycles. The van der Waals surface area contributed by atoms with Crippen molar-refractivity contribution in [2.75, 3.05) is 36.1 Å². The zero-order valence-corrected chi connectivity index (χ0v) is 12.2. The molecule has 2 rings (SSSR count). The number of nitriles is 2. The average Bonchev–Trinajstić information content (AvgIpc) is 2.86. The number of fused-ring (bicyclic) bond motifs is 1. The highest BCUT2D eigenvalue weighted by molar-refractivity contribution is 5.84. The van der Waals surface area contributed by atoms with Gasteiger partial charge >= 0.3 is 0 Å². The summed E-state index contributed by atoms with van der Waals surface area (Å²) in [4.78, 5) is 3.79. The molecule has 0 aliphatic carbocycles. The summed E-state index contributed by atoms with van der Waals surface area (Å²) in [5, 5.41) is 36.7. The molecule has 114 valence electrons. The van der Waals surface area contributed by atoms with Crippen LogP contribution in [0.2, 0.25) is 0 Å². The molecule has 0 unspecified atom stereocenters. The summed E-state index contributed by atoms with van der Waals surface area (Å²) in [6.45, 7) is 1.12. The molecule has 0 atom stereocenters. The molecule has 22 heavy (non-hydrogen) atoms. The van der Waals surface area contributed by atoms with E-state index >= 15 is 0 Å². The van der Waals surface area contributed by atoms with Gasteiger partial charge in [0.25, 0.3) is 0 Å². The van der Waals surface area contributed by atoms with Crippen molar-refractivity contribution in [3.05, 3.63) is 35.7 Å². The summed E-state index contributed by atoms with van der Waals surface area (Å²) in [7, 11) is 0. The lowest BCUT2D eigenvalue weighted by Gasteiger charge is -2.25. The first-order valence-electron chi connectivity index (χ1n) is 7.18. The van der Waals surface area contributed by atoms with Gasteiger partial charge < -0.3 is 20.0 Å². The van der Waals surface area contributed by atoms with Gasteiger partial charge in [-0.1, -0.05) is 12.1 Å². The number of hydrogen-bond donors (Lipinski definition) is 2. The standard InChI is InChI=1S/C16H18N4O2/c17-11-13(12-18)16-19(7-3-9-21)14-5-1-2-6-15(14)20(16)8-4-10-22/h1-2,5-6,21-22H,3-4,7-10H2. The van der Waals surface area contributed by atoms with Crippen molar-refractivity contribution in [3.8, 4) is 12.1 Å². The maximum absolute atomic E-state index is 9.27. The Hall–Kier alpha value is -2.54.